The van der Waals surface area contributed by atoms with Crippen molar-refractivity contribution in [3.63, 3.8) is 0 Å². The summed E-state index contributed by atoms with van der Waals surface area (Å²) in [6, 6.07) is 15.9. The molecule has 0 saturated heterocycles. The molecule has 3 rings (SSSR count). The number of hydrogen-bond donors (Lipinski definition) is 0. The van der Waals surface area contributed by atoms with Crippen LogP contribution in [0.1, 0.15) is 89.2 Å². The van der Waals surface area contributed by atoms with E-state index >= 15 is 0 Å². The molecule has 1 fully saturated rings. The van der Waals surface area contributed by atoms with Crippen LogP contribution in [0.4, 0.5) is 0 Å². The van der Waals surface area contributed by atoms with Crippen molar-refractivity contribution < 1.29 is 28.5 Å². The van der Waals surface area contributed by atoms with Crippen molar-refractivity contribution in [2.24, 2.45) is 0 Å². The first-order valence-electron chi connectivity index (χ1n) is 14.5. The van der Waals surface area contributed by atoms with Crippen LogP contribution in [0.25, 0.3) is 6.08 Å². The zero-order valence-electron chi connectivity index (χ0n) is 24.7. The Morgan fingerprint density at radius 3 is 2.05 bits per heavy atom. The molecule has 0 aromatic heterocycles. The largest absolute Gasteiger partial charge is 0.497 e. The maximum Gasteiger partial charge on any atom is 0.333 e. The van der Waals surface area contributed by atoms with Gasteiger partial charge in [0.05, 0.1) is 20.3 Å². The summed E-state index contributed by atoms with van der Waals surface area (Å²) in [5.41, 5.74) is 2.68. The maximum atomic E-state index is 12.2. The van der Waals surface area contributed by atoms with Gasteiger partial charge in [-0.25, -0.2) is 9.59 Å². The van der Waals surface area contributed by atoms with Crippen molar-refractivity contribution in [1.29, 1.82) is 0 Å². The number of carbonyl (C=O) groups is 2. The average molecular weight is 551 g/mol. The Morgan fingerprint density at radius 1 is 0.850 bits per heavy atom. The molecule has 218 valence electrons. The van der Waals surface area contributed by atoms with Crippen LogP contribution in [-0.4, -0.2) is 38.4 Å². The van der Waals surface area contributed by atoms with Crippen LogP contribution in [0.5, 0.6) is 11.5 Å². The summed E-state index contributed by atoms with van der Waals surface area (Å²) < 4.78 is 21.8. The Balaban J connectivity index is 0.00000274. The van der Waals surface area contributed by atoms with E-state index in [0.29, 0.717) is 24.7 Å². The predicted molar refractivity (Wildman–Crippen MR) is 161 cm³/mol. The molecule has 0 aliphatic heterocycles. The molecule has 40 heavy (non-hydrogen) atoms. The van der Waals surface area contributed by atoms with E-state index in [0.717, 1.165) is 68.4 Å². The quantitative estimate of drug-likeness (QED) is 0.135. The second-order valence-corrected chi connectivity index (χ2v) is 9.76. The van der Waals surface area contributed by atoms with Crippen LogP contribution in [0.2, 0.25) is 0 Å². The SMILES string of the molecule is C=C(C)C(=O)OCCCCCCOc1ccc(C2CCC(OC(=O)/C=C/c3ccc(OC)cc3)CC2)cc1.CC. The van der Waals surface area contributed by atoms with E-state index in [-0.39, 0.29) is 18.0 Å². The van der Waals surface area contributed by atoms with Crippen LogP contribution in [-0.2, 0) is 19.1 Å². The smallest absolute Gasteiger partial charge is 0.333 e. The first-order valence-corrected chi connectivity index (χ1v) is 14.5. The Morgan fingerprint density at radius 2 is 1.45 bits per heavy atom. The minimum atomic E-state index is -0.317. The van der Waals surface area contributed by atoms with E-state index in [1.54, 1.807) is 20.1 Å². The fourth-order valence-electron chi connectivity index (χ4n) is 4.47. The summed E-state index contributed by atoms with van der Waals surface area (Å²) in [5.74, 6) is 1.54. The van der Waals surface area contributed by atoms with E-state index in [1.807, 2.05) is 50.2 Å². The van der Waals surface area contributed by atoms with Crippen molar-refractivity contribution in [2.45, 2.75) is 84.2 Å². The van der Waals surface area contributed by atoms with Gasteiger partial charge in [-0.05, 0) is 106 Å². The zero-order valence-corrected chi connectivity index (χ0v) is 24.7. The minimum absolute atomic E-state index is 0.0278. The third-order valence-electron chi connectivity index (χ3n) is 6.73. The van der Waals surface area contributed by atoms with Crippen molar-refractivity contribution in [1.82, 2.24) is 0 Å². The summed E-state index contributed by atoms with van der Waals surface area (Å²) in [6.07, 6.45) is 10.8. The number of hydrogen-bond acceptors (Lipinski definition) is 6. The molecule has 1 saturated carbocycles. The van der Waals surface area contributed by atoms with Gasteiger partial charge < -0.3 is 18.9 Å². The van der Waals surface area contributed by atoms with E-state index < -0.39 is 0 Å². The molecular formula is C34H46O6. The van der Waals surface area contributed by atoms with Gasteiger partial charge in [-0.15, -0.1) is 0 Å². The lowest BCUT2D eigenvalue weighted by Crippen LogP contribution is -2.23. The van der Waals surface area contributed by atoms with Gasteiger partial charge >= 0.3 is 11.9 Å². The van der Waals surface area contributed by atoms with Gasteiger partial charge in [-0.3, -0.25) is 0 Å². The first-order chi connectivity index (χ1) is 19.4. The summed E-state index contributed by atoms with van der Waals surface area (Å²) in [7, 11) is 1.63. The van der Waals surface area contributed by atoms with Gasteiger partial charge in [-0.1, -0.05) is 44.7 Å². The summed E-state index contributed by atoms with van der Waals surface area (Å²) in [6.45, 7) is 10.3. The molecule has 0 bridgehead atoms. The lowest BCUT2D eigenvalue weighted by molar-refractivity contribution is -0.144. The predicted octanol–water partition coefficient (Wildman–Crippen LogP) is 8.06. The van der Waals surface area contributed by atoms with E-state index in [9.17, 15) is 9.59 Å². The molecule has 1 aliphatic carbocycles. The van der Waals surface area contributed by atoms with Crippen molar-refractivity contribution >= 4 is 18.0 Å². The number of esters is 2. The third-order valence-corrected chi connectivity index (χ3v) is 6.73. The normalized spacial score (nSPS) is 16.4. The summed E-state index contributed by atoms with van der Waals surface area (Å²) in [5, 5.41) is 0. The van der Waals surface area contributed by atoms with E-state index in [4.69, 9.17) is 18.9 Å². The highest BCUT2D eigenvalue weighted by Gasteiger charge is 2.24. The first kappa shape index (κ1) is 32.7. The molecule has 2 aromatic carbocycles. The van der Waals surface area contributed by atoms with Crippen LogP contribution in [0, 0.1) is 0 Å². The summed E-state index contributed by atoms with van der Waals surface area (Å²) in [4.78, 5) is 23.6. The molecule has 6 nitrogen and oxygen atoms in total. The Labute approximate surface area is 240 Å². The molecule has 1 aliphatic rings. The molecule has 0 spiro atoms. The second-order valence-electron chi connectivity index (χ2n) is 9.76. The van der Waals surface area contributed by atoms with Gasteiger partial charge in [0.1, 0.15) is 17.6 Å². The van der Waals surface area contributed by atoms with Crippen LogP contribution < -0.4 is 9.47 Å². The van der Waals surface area contributed by atoms with Gasteiger partial charge in [0.25, 0.3) is 0 Å². The number of carbonyl (C=O) groups excluding carboxylic acids is 2. The Kier molecular flexibility index (Phi) is 15.3. The van der Waals surface area contributed by atoms with Crippen LogP contribution >= 0.6 is 0 Å². The fraction of sp³-hybridized carbons (Fsp3) is 0.471. The lowest BCUT2D eigenvalue weighted by Gasteiger charge is -2.28. The highest BCUT2D eigenvalue weighted by Crippen LogP contribution is 2.34. The molecule has 0 amide bonds. The van der Waals surface area contributed by atoms with Gasteiger partial charge in [0, 0.05) is 11.6 Å². The molecule has 0 unspecified atom stereocenters. The number of rotatable bonds is 14. The van der Waals surface area contributed by atoms with Crippen molar-refractivity contribution in [3.8, 4) is 11.5 Å². The highest BCUT2D eigenvalue weighted by molar-refractivity contribution is 5.87. The number of unbranched alkanes of at least 4 members (excludes halogenated alkanes) is 3. The molecular weight excluding hydrogens is 504 g/mol. The summed E-state index contributed by atoms with van der Waals surface area (Å²) >= 11 is 0. The highest BCUT2D eigenvalue weighted by atomic mass is 16.5. The van der Waals surface area contributed by atoms with Crippen molar-refractivity contribution in [3.05, 3.63) is 77.9 Å². The second kappa shape index (κ2) is 18.7. The molecule has 0 atom stereocenters. The maximum absolute atomic E-state index is 12.2. The standard InChI is InChI=1S/C32H40O6.C2H6/c1-24(2)32(34)37-23-7-5-4-6-22-36-29-17-11-26(12-18-29)27-13-19-30(20-14-27)38-31(33)21-10-25-8-15-28(35-3)16-9-25;1-2/h8-12,15-18,21,27,30H,1,4-7,13-14,19-20,22-23H2,2-3H3;1-2H3/b21-10+;. The topological polar surface area (TPSA) is 71.1 Å². The van der Waals surface area contributed by atoms with Crippen LogP contribution in [0.3, 0.4) is 0 Å². The minimum Gasteiger partial charge on any atom is -0.497 e. The van der Waals surface area contributed by atoms with Gasteiger partial charge in [0.2, 0.25) is 0 Å². The third kappa shape index (κ3) is 12.1. The molecule has 0 N–H and O–H groups in total. The fourth-order valence-corrected chi connectivity index (χ4v) is 4.47. The van der Waals surface area contributed by atoms with Crippen molar-refractivity contribution in [2.75, 3.05) is 20.3 Å². The molecule has 0 radical (unpaired) electrons. The average Bonchev–Trinajstić information content (AvgIpc) is 2.99. The Bertz CT molecular complexity index is 1050. The monoisotopic (exact) mass is 550 g/mol. The number of methoxy groups -OCH3 is 1. The van der Waals surface area contributed by atoms with Crippen LogP contribution in [0.15, 0.2) is 66.8 Å². The van der Waals surface area contributed by atoms with E-state index in [1.165, 1.54) is 11.6 Å². The van der Waals surface area contributed by atoms with Gasteiger partial charge in [0.15, 0.2) is 0 Å². The number of ether oxygens (including phenoxy) is 4. The zero-order chi connectivity index (χ0) is 29.2. The lowest BCUT2D eigenvalue weighted by atomic mass is 9.83. The Hall–Kier alpha value is -3.54. The van der Waals surface area contributed by atoms with E-state index in [2.05, 4.69) is 18.7 Å². The molecule has 6 heteroatoms. The number of benzene rings is 2. The molecule has 2 aromatic rings. The van der Waals surface area contributed by atoms with Gasteiger partial charge in [-0.2, -0.15) is 0 Å². The molecule has 0 heterocycles.